The molecule has 22 heavy (non-hydrogen) atoms. The molecule has 2 unspecified atom stereocenters. The second-order valence-electron chi connectivity index (χ2n) is 4.50. The lowest BCUT2D eigenvalue weighted by Gasteiger charge is -2.16. The van der Waals surface area contributed by atoms with E-state index in [9.17, 15) is 5.11 Å². The van der Waals surface area contributed by atoms with Crippen LogP contribution in [0.2, 0.25) is 0 Å². The van der Waals surface area contributed by atoms with Gasteiger partial charge < -0.3 is 25.5 Å². The fourth-order valence-corrected chi connectivity index (χ4v) is 1.88. The lowest BCUT2D eigenvalue weighted by molar-refractivity contribution is -0.159. The number of aliphatic carboxylic acids is 2. The molecule has 0 aliphatic carbocycles. The van der Waals surface area contributed by atoms with Crippen LogP contribution in [0.1, 0.15) is 6.92 Å². The molecule has 8 heteroatoms. The maximum Gasteiger partial charge on any atom is 0.414 e. The number of ether oxygens (including phenoxy) is 1. The van der Waals surface area contributed by atoms with Gasteiger partial charge in [0.15, 0.2) is 0 Å². The smallest absolute Gasteiger partial charge is 0.414 e. The molecule has 0 bridgehead atoms. The summed E-state index contributed by atoms with van der Waals surface area (Å²) >= 11 is 0. The van der Waals surface area contributed by atoms with Crippen molar-refractivity contribution in [2.24, 2.45) is 0 Å². The largest absolute Gasteiger partial charge is 0.486 e. The molecule has 1 saturated heterocycles. The number of nitrogens with zero attached hydrogens (tertiary/aromatic N) is 1. The van der Waals surface area contributed by atoms with Gasteiger partial charge in [0.05, 0.1) is 0 Å². The highest BCUT2D eigenvalue weighted by atomic mass is 16.5. The zero-order chi connectivity index (χ0) is 15.8. The van der Waals surface area contributed by atoms with Crippen LogP contribution in [0.15, 0.2) is 30.3 Å². The van der Waals surface area contributed by atoms with Crippen LogP contribution in [0.25, 0.3) is 0 Å². The lowest BCUT2D eigenvalue weighted by Crippen LogP contribution is -2.29. The van der Waals surface area contributed by atoms with Gasteiger partial charge in [0.2, 0.25) is 0 Å². The first-order chi connectivity index (χ1) is 9.93. The minimum Gasteiger partial charge on any atom is -0.486 e. The van der Waals surface area contributed by atoms with E-state index in [1.165, 1.54) is 0 Å². The van der Waals surface area contributed by atoms with E-state index >= 15 is 0 Å². The Bertz CT molecular complexity index is 454. The molecule has 124 valence electrons. The molecule has 1 aromatic rings. The number of likely N-dealkylation sites (tertiary alicyclic amines) is 1. The summed E-state index contributed by atoms with van der Waals surface area (Å²) in [7, 11) is 0. The topological polar surface area (TPSA) is 139 Å². The molecule has 1 aliphatic rings. The minimum absolute atomic E-state index is 0. The standard InChI is InChI=1S/C12H17NO2.C2H2O4.H2O/c1-2-13-8-11(14)12(9-13)15-10-6-4-3-5-7-10;3-1(4)2(5)6;/h3-7,11-12,14H,2,8-9H2,1H3;(H,3,4)(H,5,6);1H2. The van der Waals surface area contributed by atoms with E-state index in [-0.39, 0.29) is 17.7 Å². The summed E-state index contributed by atoms with van der Waals surface area (Å²) in [5.41, 5.74) is 0. The highest BCUT2D eigenvalue weighted by Crippen LogP contribution is 2.17. The number of aliphatic hydroxyl groups is 1. The number of para-hydroxylation sites is 1. The maximum absolute atomic E-state index is 9.79. The maximum atomic E-state index is 9.79. The molecule has 1 aliphatic heterocycles. The molecule has 5 N–H and O–H groups in total. The summed E-state index contributed by atoms with van der Waals surface area (Å²) in [6.45, 7) is 4.59. The molecule has 0 saturated carbocycles. The SMILES string of the molecule is CCN1CC(O)C(Oc2ccccc2)C1.O.O=C(O)C(=O)O. The van der Waals surface area contributed by atoms with Crippen molar-refractivity contribution < 1.29 is 35.1 Å². The number of benzene rings is 1. The van der Waals surface area contributed by atoms with Gasteiger partial charge in [-0.25, -0.2) is 9.59 Å². The molecule has 2 atom stereocenters. The first-order valence-electron chi connectivity index (χ1n) is 6.52. The van der Waals surface area contributed by atoms with Gasteiger partial charge in [-0.05, 0) is 18.7 Å². The number of hydrogen-bond donors (Lipinski definition) is 3. The van der Waals surface area contributed by atoms with Crippen molar-refractivity contribution in [1.82, 2.24) is 4.90 Å². The van der Waals surface area contributed by atoms with Crippen LogP contribution in [0, 0.1) is 0 Å². The zero-order valence-electron chi connectivity index (χ0n) is 12.2. The van der Waals surface area contributed by atoms with Crippen molar-refractivity contribution in [1.29, 1.82) is 0 Å². The van der Waals surface area contributed by atoms with Crippen LogP contribution in [-0.2, 0) is 9.59 Å². The molecule has 0 aromatic heterocycles. The number of likely N-dealkylation sites (N-methyl/N-ethyl adjacent to an activating group) is 1. The summed E-state index contributed by atoms with van der Waals surface area (Å²) in [5, 5.41) is 24.6. The number of carboxylic acids is 2. The molecule has 2 rings (SSSR count). The number of rotatable bonds is 3. The second kappa shape index (κ2) is 9.72. The molecule has 0 amide bonds. The molecule has 1 aromatic carbocycles. The number of aliphatic hydroxyl groups excluding tert-OH is 1. The number of β-amino-alcohol motifs (C(OH)–C–C–N with tert-alkyl or cyclic N) is 1. The molecule has 0 spiro atoms. The van der Waals surface area contributed by atoms with Crippen molar-refractivity contribution in [3.8, 4) is 5.75 Å². The van der Waals surface area contributed by atoms with Crippen molar-refractivity contribution in [3.63, 3.8) is 0 Å². The predicted molar refractivity (Wildman–Crippen MR) is 77.9 cm³/mol. The number of carbonyl (C=O) groups is 2. The summed E-state index contributed by atoms with van der Waals surface area (Å²) < 4.78 is 5.73. The summed E-state index contributed by atoms with van der Waals surface area (Å²) in [5.74, 6) is -2.82. The Morgan fingerprint density at radius 2 is 1.73 bits per heavy atom. The van der Waals surface area contributed by atoms with Crippen molar-refractivity contribution in [2.45, 2.75) is 19.1 Å². The molecule has 1 heterocycles. The average molecular weight is 315 g/mol. The molecular weight excluding hydrogens is 294 g/mol. The lowest BCUT2D eigenvalue weighted by atomic mass is 10.2. The summed E-state index contributed by atoms with van der Waals surface area (Å²) in [4.78, 5) is 20.4. The Hall–Kier alpha value is -2.16. The number of hydrogen-bond acceptors (Lipinski definition) is 5. The third kappa shape index (κ3) is 6.53. The van der Waals surface area contributed by atoms with E-state index in [4.69, 9.17) is 24.5 Å². The van der Waals surface area contributed by atoms with Gasteiger partial charge in [0, 0.05) is 13.1 Å². The zero-order valence-corrected chi connectivity index (χ0v) is 12.2. The van der Waals surface area contributed by atoms with Crippen LogP contribution in [0.4, 0.5) is 0 Å². The van der Waals surface area contributed by atoms with Crippen molar-refractivity contribution in [3.05, 3.63) is 30.3 Å². The van der Waals surface area contributed by atoms with Crippen molar-refractivity contribution >= 4 is 11.9 Å². The van der Waals surface area contributed by atoms with E-state index in [2.05, 4.69) is 11.8 Å². The fourth-order valence-electron chi connectivity index (χ4n) is 1.88. The second-order valence-corrected chi connectivity index (χ2v) is 4.50. The average Bonchev–Trinajstić information content (AvgIpc) is 2.81. The predicted octanol–water partition coefficient (Wildman–Crippen LogP) is -0.539. The van der Waals surface area contributed by atoms with Gasteiger partial charge >= 0.3 is 11.9 Å². The molecular formula is C14H21NO7. The number of carboxylic acid groups (broad SMARTS) is 2. The highest BCUT2D eigenvalue weighted by molar-refractivity contribution is 6.27. The Balaban J connectivity index is 0.000000546. The van der Waals surface area contributed by atoms with Crippen LogP contribution >= 0.6 is 0 Å². The third-order valence-electron chi connectivity index (χ3n) is 2.97. The van der Waals surface area contributed by atoms with Crippen LogP contribution in [-0.4, -0.2) is 69.5 Å². The first kappa shape index (κ1) is 19.8. The van der Waals surface area contributed by atoms with E-state index in [1.807, 2.05) is 30.3 Å². The van der Waals surface area contributed by atoms with E-state index in [1.54, 1.807) is 0 Å². The summed E-state index contributed by atoms with van der Waals surface area (Å²) in [6, 6.07) is 9.67. The van der Waals surface area contributed by atoms with Crippen molar-refractivity contribution in [2.75, 3.05) is 19.6 Å². The summed E-state index contributed by atoms with van der Waals surface area (Å²) in [6.07, 6.45) is -0.461. The normalized spacial score (nSPS) is 20.3. The Morgan fingerprint density at radius 3 is 2.14 bits per heavy atom. The van der Waals surface area contributed by atoms with Crippen LogP contribution in [0.5, 0.6) is 5.75 Å². The highest BCUT2D eigenvalue weighted by Gasteiger charge is 2.31. The van der Waals surface area contributed by atoms with E-state index in [0.29, 0.717) is 6.54 Å². The van der Waals surface area contributed by atoms with Gasteiger partial charge in [0.1, 0.15) is 18.0 Å². The van der Waals surface area contributed by atoms with Gasteiger partial charge in [0.25, 0.3) is 0 Å². The van der Waals surface area contributed by atoms with Gasteiger partial charge in [-0.2, -0.15) is 0 Å². The monoisotopic (exact) mass is 315 g/mol. The van der Waals surface area contributed by atoms with Crippen LogP contribution in [0.3, 0.4) is 0 Å². The minimum atomic E-state index is -1.82. The van der Waals surface area contributed by atoms with E-state index < -0.39 is 11.9 Å². The molecule has 1 fully saturated rings. The quantitative estimate of drug-likeness (QED) is 0.637. The van der Waals surface area contributed by atoms with E-state index in [0.717, 1.165) is 18.8 Å². The Labute approximate surface area is 127 Å². The third-order valence-corrected chi connectivity index (χ3v) is 2.97. The first-order valence-corrected chi connectivity index (χ1v) is 6.52. The van der Waals surface area contributed by atoms with Gasteiger partial charge in [-0.1, -0.05) is 25.1 Å². The molecule has 0 radical (unpaired) electrons. The van der Waals surface area contributed by atoms with Crippen LogP contribution < -0.4 is 4.74 Å². The Kier molecular flexibility index (Phi) is 8.76. The Morgan fingerprint density at radius 1 is 1.18 bits per heavy atom. The fraction of sp³-hybridized carbons (Fsp3) is 0.429. The molecule has 8 nitrogen and oxygen atoms in total. The van der Waals surface area contributed by atoms with Gasteiger partial charge in [-0.15, -0.1) is 0 Å². The van der Waals surface area contributed by atoms with Gasteiger partial charge in [-0.3, -0.25) is 4.90 Å².